The summed E-state index contributed by atoms with van der Waals surface area (Å²) in [4.78, 5) is 14.4. The largest absolute Gasteiger partial charge is 0.481 e. The van der Waals surface area contributed by atoms with Gasteiger partial charge in [0, 0.05) is 17.1 Å². The third-order valence-corrected chi connectivity index (χ3v) is 6.43. The SMILES string of the molecule is Cc1cc(CC(=O)O)cc(Br)c1Oc1ccc2[nH]cc(CC3CCCCC3)c2c1. The summed E-state index contributed by atoms with van der Waals surface area (Å²) < 4.78 is 6.98. The smallest absolute Gasteiger partial charge is 0.307 e. The highest BCUT2D eigenvalue weighted by atomic mass is 79.9. The Balaban J connectivity index is 1.58. The highest BCUT2D eigenvalue weighted by Gasteiger charge is 2.17. The summed E-state index contributed by atoms with van der Waals surface area (Å²) in [5.41, 5.74) is 4.16. The van der Waals surface area contributed by atoms with Gasteiger partial charge in [-0.05, 0) is 76.1 Å². The van der Waals surface area contributed by atoms with Crippen molar-refractivity contribution < 1.29 is 14.6 Å². The van der Waals surface area contributed by atoms with E-state index in [4.69, 9.17) is 9.84 Å². The first-order chi connectivity index (χ1) is 14.0. The van der Waals surface area contributed by atoms with E-state index in [9.17, 15) is 4.79 Å². The first-order valence-electron chi connectivity index (χ1n) is 10.3. The molecular formula is C24H26BrNO3. The molecule has 1 saturated carbocycles. The lowest BCUT2D eigenvalue weighted by molar-refractivity contribution is -0.136. The molecule has 5 heteroatoms. The summed E-state index contributed by atoms with van der Waals surface area (Å²) >= 11 is 3.54. The molecule has 0 saturated heterocycles. The van der Waals surface area contributed by atoms with E-state index in [1.807, 2.05) is 25.1 Å². The van der Waals surface area contributed by atoms with Gasteiger partial charge in [-0.2, -0.15) is 0 Å². The molecular weight excluding hydrogens is 430 g/mol. The molecule has 0 bridgehead atoms. The van der Waals surface area contributed by atoms with Gasteiger partial charge in [-0.25, -0.2) is 0 Å². The minimum Gasteiger partial charge on any atom is -0.481 e. The molecule has 1 aliphatic carbocycles. The van der Waals surface area contributed by atoms with Crippen LogP contribution < -0.4 is 4.74 Å². The Morgan fingerprint density at radius 1 is 1.21 bits per heavy atom. The Morgan fingerprint density at radius 3 is 2.72 bits per heavy atom. The van der Waals surface area contributed by atoms with Crippen molar-refractivity contribution in [3.05, 3.63) is 57.7 Å². The monoisotopic (exact) mass is 455 g/mol. The van der Waals surface area contributed by atoms with Crippen molar-refractivity contribution in [3.8, 4) is 11.5 Å². The molecule has 0 atom stereocenters. The Morgan fingerprint density at radius 2 is 2.00 bits per heavy atom. The summed E-state index contributed by atoms with van der Waals surface area (Å²) in [5, 5.41) is 10.3. The Kier molecular flexibility index (Phi) is 5.95. The van der Waals surface area contributed by atoms with Crippen molar-refractivity contribution >= 4 is 32.8 Å². The van der Waals surface area contributed by atoms with Gasteiger partial charge in [-0.15, -0.1) is 0 Å². The zero-order valence-corrected chi connectivity index (χ0v) is 18.2. The average molecular weight is 456 g/mol. The Labute approximate surface area is 179 Å². The van der Waals surface area contributed by atoms with Gasteiger partial charge in [0.2, 0.25) is 0 Å². The van der Waals surface area contributed by atoms with E-state index in [0.717, 1.165) is 45.0 Å². The minimum atomic E-state index is -0.839. The average Bonchev–Trinajstić information content (AvgIpc) is 3.07. The van der Waals surface area contributed by atoms with Gasteiger partial charge in [0.05, 0.1) is 10.9 Å². The van der Waals surface area contributed by atoms with Crippen molar-refractivity contribution in [2.45, 2.75) is 51.9 Å². The van der Waals surface area contributed by atoms with Crippen molar-refractivity contribution in [3.63, 3.8) is 0 Å². The molecule has 0 aliphatic heterocycles. The number of aromatic amines is 1. The second-order valence-corrected chi connectivity index (χ2v) is 8.98. The zero-order valence-electron chi connectivity index (χ0n) is 16.6. The van der Waals surface area contributed by atoms with Crippen LogP contribution >= 0.6 is 15.9 Å². The molecule has 1 heterocycles. The maximum atomic E-state index is 11.0. The number of aliphatic carboxylic acids is 1. The molecule has 0 radical (unpaired) electrons. The number of rotatable bonds is 6. The third-order valence-electron chi connectivity index (χ3n) is 5.84. The number of hydrogen-bond donors (Lipinski definition) is 2. The van der Waals surface area contributed by atoms with E-state index in [2.05, 4.69) is 39.2 Å². The number of fused-ring (bicyclic) bond motifs is 1. The van der Waals surface area contributed by atoms with Crippen LogP contribution in [0.1, 0.15) is 48.8 Å². The minimum absolute atomic E-state index is 0.000441. The van der Waals surface area contributed by atoms with Crippen LogP contribution in [0.15, 0.2) is 41.0 Å². The first kappa shape index (κ1) is 20.0. The topological polar surface area (TPSA) is 62.3 Å². The van der Waals surface area contributed by atoms with Crippen LogP contribution in [0.2, 0.25) is 0 Å². The van der Waals surface area contributed by atoms with Crippen LogP contribution in [-0.4, -0.2) is 16.1 Å². The molecule has 152 valence electrons. The number of benzene rings is 2. The lowest BCUT2D eigenvalue weighted by Crippen LogP contribution is -2.08. The van der Waals surface area contributed by atoms with E-state index >= 15 is 0 Å². The molecule has 3 aromatic rings. The Bertz CT molecular complexity index is 1010. The van der Waals surface area contributed by atoms with Gasteiger partial charge in [-0.3, -0.25) is 4.79 Å². The number of carboxylic acids is 1. The number of aryl methyl sites for hydroxylation is 1. The third kappa shape index (κ3) is 4.67. The molecule has 4 rings (SSSR count). The van der Waals surface area contributed by atoms with E-state index in [1.54, 1.807) is 0 Å². The molecule has 0 unspecified atom stereocenters. The van der Waals surface area contributed by atoms with Gasteiger partial charge in [0.15, 0.2) is 0 Å². The maximum absolute atomic E-state index is 11.0. The number of H-pyrrole nitrogens is 1. The highest BCUT2D eigenvalue weighted by molar-refractivity contribution is 9.10. The number of halogens is 1. The van der Waals surface area contributed by atoms with Crippen LogP contribution in [0.4, 0.5) is 0 Å². The maximum Gasteiger partial charge on any atom is 0.307 e. The fourth-order valence-electron chi connectivity index (χ4n) is 4.42. The van der Waals surface area contributed by atoms with Crippen molar-refractivity contribution in [2.24, 2.45) is 5.92 Å². The molecule has 0 spiro atoms. The Hall–Kier alpha value is -2.27. The normalized spacial score (nSPS) is 15.0. The van der Waals surface area contributed by atoms with Gasteiger partial charge in [-0.1, -0.05) is 38.2 Å². The second kappa shape index (κ2) is 8.62. The van der Waals surface area contributed by atoms with Crippen LogP contribution in [0.5, 0.6) is 11.5 Å². The quantitative estimate of drug-likeness (QED) is 0.430. The first-order valence-corrected chi connectivity index (χ1v) is 11.1. The van der Waals surface area contributed by atoms with E-state index < -0.39 is 5.97 Å². The number of ether oxygens (including phenoxy) is 1. The van der Waals surface area contributed by atoms with Crippen LogP contribution in [-0.2, 0) is 17.6 Å². The summed E-state index contributed by atoms with van der Waals surface area (Å²) in [6.07, 6.45) is 10.0. The highest BCUT2D eigenvalue weighted by Crippen LogP contribution is 2.36. The summed E-state index contributed by atoms with van der Waals surface area (Å²) in [6.45, 7) is 1.94. The van der Waals surface area contributed by atoms with Crippen molar-refractivity contribution in [1.82, 2.24) is 4.98 Å². The van der Waals surface area contributed by atoms with E-state index in [0.29, 0.717) is 0 Å². The number of hydrogen-bond acceptors (Lipinski definition) is 2. The van der Waals surface area contributed by atoms with Crippen LogP contribution in [0.25, 0.3) is 10.9 Å². The molecule has 2 aromatic carbocycles. The number of aromatic nitrogens is 1. The predicted molar refractivity (Wildman–Crippen MR) is 119 cm³/mol. The molecule has 1 fully saturated rings. The van der Waals surface area contributed by atoms with Gasteiger partial charge >= 0.3 is 5.97 Å². The summed E-state index contributed by atoms with van der Waals surface area (Å²) in [7, 11) is 0. The van der Waals surface area contributed by atoms with Crippen LogP contribution in [0, 0.1) is 12.8 Å². The number of nitrogens with one attached hydrogen (secondary N) is 1. The van der Waals surface area contributed by atoms with Crippen molar-refractivity contribution in [1.29, 1.82) is 0 Å². The zero-order chi connectivity index (χ0) is 20.4. The fourth-order valence-corrected chi connectivity index (χ4v) is 5.11. The van der Waals surface area contributed by atoms with E-state index in [-0.39, 0.29) is 6.42 Å². The summed E-state index contributed by atoms with van der Waals surface area (Å²) in [6, 6.07) is 9.84. The predicted octanol–water partition coefficient (Wildman–Crippen LogP) is 6.78. The lowest BCUT2D eigenvalue weighted by atomic mass is 9.85. The van der Waals surface area contributed by atoms with Gasteiger partial charge in [0.1, 0.15) is 11.5 Å². The second-order valence-electron chi connectivity index (χ2n) is 8.13. The standard InChI is InChI=1S/C24H26BrNO3/c1-15-9-17(12-23(27)28)11-21(25)24(15)29-19-7-8-22-20(13-19)18(14-26-22)10-16-5-3-2-4-6-16/h7-9,11,13-14,16,26H,2-6,10,12H2,1H3,(H,27,28). The molecule has 1 aromatic heterocycles. The lowest BCUT2D eigenvalue weighted by Gasteiger charge is -2.21. The van der Waals surface area contributed by atoms with Crippen LogP contribution in [0.3, 0.4) is 0 Å². The van der Waals surface area contributed by atoms with Crippen molar-refractivity contribution in [2.75, 3.05) is 0 Å². The molecule has 1 aliphatic rings. The number of carbonyl (C=O) groups is 1. The molecule has 29 heavy (non-hydrogen) atoms. The molecule has 4 nitrogen and oxygen atoms in total. The van der Waals surface area contributed by atoms with Gasteiger partial charge < -0.3 is 14.8 Å². The molecule has 0 amide bonds. The molecule has 2 N–H and O–H groups in total. The fraction of sp³-hybridized carbons (Fsp3) is 0.375. The van der Waals surface area contributed by atoms with Gasteiger partial charge in [0.25, 0.3) is 0 Å². The summed E-state index contributed by atoms with van der Waals surface area (Å²) in [5.74, 6) is 1.46. The van der Waals surface area contributed by atoms with E-state index in [1.165, 1.54) is 43.1 Å². The number of carboxylic acid groups (broad SMARTS) is 1.